The first-order valence-corrected chi connectivity index (χ1v) is 10.0. The van der Waals surface area contributed by atoms with Crippen molar-refractivity contribution in [2.45, 2.75) is 0 Å². The average Bonchev–Trinajstić information content (AvgIpc) is 1.66. The molecule has 15 heteroatoms. The summed E-state index contributed by atoms with van der Waals surface area (Å²) in [4.78, 5) is 34.2. The third kappa shape index (κ3) is 4.58. The maximum absolute atomic E-state index is 11.4. The van der Waals surface area contributed by atoms with E-state index < -0.39 is 31.4 Å². The molecule has 0 aromatic rings. The second-order valence-electron chi connectivity index (χ2n) is 2.60. The van der Waals surface area contributed by atoms with E-state index in [2.05, 4.69) is 17.2 Å². The fraction of sp³-hybridized carbons (Fsp3) is 1.00. The van der Waals surface area contributed by atoms with Gasteiger partial charge in [-0.2, -0.15) is 0 Å². The van der Waals surface area contributed by atoms with E-state index in [4.69, 9.17) is 19.6 Å². The van der Waals surface area contributed by atoms with Crippen LogP contribution in [0.15, 0.2) is 0 Å². The van der Waals surface area contributed by atoms with Crippen molar-refractivity contribution in [1.29, 1.82) is 0 Å². The molecule has 0 aromatic heterocycles. The summed E-state index contributed by atoms with van der Waals surface area (Å²) in [5.41, 5.74) is 0. The van der Waals surface area contributed by atoms with Gasteiger partial charge < -0.3 is 0 Å². The molecule has 1 rings (SSSR count). The van der Waals surface area contributed by atoms with Gasteiger partial charge in [0.25, 0.3) is 0 Å². The molecule has 16 heavy (non-hydrogen) atoms. The molecule has 1 saturated heterocycles. The Morgan fingerprint density at radius 1 is 1.06 bits per heavy atom. The van der Waals surface area contributed by atoms with Crippen molar-refractivity contribution >= 4 is 31.4 Å². The summed E-state index contributed by atoms with van der Waals surface area (Å²) in [5.74, 6) is 0. The van der Waals surface area contributed by atoms with E-state index in [1.165, 1.54) is 0 Å². The monoisotopic (exact) mass is 320 g/mol. The predicted octanol–water partition coefficient (Wildman–Crippen LogP) is 0.485. The molecule has 3 unspecified atom stereocenters. The first-order valence-electron chi connectivity index (χ1n) is 3.35. The van der Waals surface area contributed by atoms with Gasteiger partial charge in [-0.3, -0.25) is 0 Å². The molecule has 0 saturated carbocycles. The van der Waals surface area contributed by atoms with E-state index in [-0.39, 0.29) is 0 Å². The number of hydrogen-bond acceptors (Lipinski definition) is 10. The van der Waals surface area contributed by atoms with E-state index in [1.807, 2.05) is 0 Å². The van der Waals surface area contributed by atoms with Crippen LogP contribution in [0.2, 0.25) is 0 Å². The average molecular weight is 320 g/mol. The van der Waals surface area contributed by atoms with E-state index in [1.54, 1.807) is 0 Å². The summed E-state index contributed by atoms with van der Waals surface area (Å²) in [5, 5.41) is 0. The standard InChI is InChI=1S/CH8O11P4/c1-13(2)9-15(6,7)12-16(8,10-13)11-14(3,4)5/h3-5,14H,1H3,(H,6,7). The van der Waals surface area contributed by atoms with E-state index in [0.29, 0.717) is 6.66 Å². The Labute approximate surface area is 89.4 Å². The van der Waals surface area contributed by atoms with Crippen molar-refractivity contribution in [3.8, 4) is 0 Å². The molecular weight excluding hydrogens is 312 g/mol. The number of rotatable bonds is 2. The molecule has 0 bridgehead atoms. The van der Waals surface area contributed by atoms with Gasteiger partial charge in [0.05, 0.1) is 0 Å². The topological polar surface area (TPSA) is 169 Å². The maximum atomic E-state index is 11.4. The molecule has 0 amide bonds. The first-order chi connectivity index (χ1) is 6.83. The molecule has 1 aliphatic rings. The van der Waals surface area contributed by atoms with Crippen LogP contribution >= 0.6 is 31.4 Å². The SMILES string of the molecule is CP1(=O)OP(=O)(O)OP(=O)(O[PH](O)(O)O)O1. The summed E-state index contributed by atoms with van der Waals surface area (Å²) < 4.78 is 48.9. The van der Waals surface area contributed by atoms with Crippen molar-refractivity contribution in [1.82, 2.24) is 0 Å². The summed E-state index contributed by atoms with van der Waals surface area (Å²) in [7, 11) is -19.7. The van der Waals surface area contributed by atoms with Crippen molar-refractivity contribution in [2.24, 2.45) is 0 Å². The van der Waals surface area contributed by atoms with Crippen molar-refractivity contribution in [2.75, 3.05) is 6.66 Å². The second kappa shape index (κ2) is 4.17. The Kier molecular flexibility index (Phi) is 3.88. The van der Waals surface area contributed by atoms with Crippen LogP contribution in [-0.4, -0.2) is 26.2 Å². The van der Waals surface area contributed by atoms with Gasteiger partial charge >= 0.3 is 88.6 Å². The van der Waals surface area contributed by atoms with E-state index >= 15 is 0 Å². The molecule has 4 N–H and O–H groups in total. The Hall–Kier alpha value is 0.800. The zero-order valence-electron chi connectivity index (χ0n) is 7.49. The van der Waals surface area contributed by atoms with Crippen LogP contribution < -0.4 is 0 Å². The normalized spacial score (nSPS) is 46.6. The summed E-state index contributed by atoms with van der Waals surface area (Å²) in [6.45, 7) is 0.670. The van der Waals surface area contributed by atoms with Gasteiger partial charge in [0, 0.05) is 0 Å². The molecule has 1 fully saturated rings. The second-order valence-corrected chi connectivity index (χ2v) is 9.81. The Balaban J connectivity index is 3.02. The Bertz CT molecular complexity index is 388. The zero-order valence-corrected chi connectivity index (χ0v) is 11.2. The minimum atomic E-state index is -5.36. The quantitative estimate of drug-likeness (QED) is 0.522. The first kappa shape index (κ1) is 14.9. The molecule has 98 valence electrons. The Morgan fingerprint density at radius 2 is 1.56 bits per heavy atom. The van der Waals surface area contributed by atoms with Crippen LogP contribution in [-0.2, 0) is 30.9 Å². The van der Waals surface area contributed by atoms with Gasteiger partial charge in [0.2, 0.25) is 0 Å². The van der Waals surface area contributed by atoms with Crippen LogP contribution in [0.1, 0.15) is 0 Å². The van der Waals surface area contributed by atoms with Gasteiger partial charge in [-0.05, 0) is 0 Å². The number of hydrogen-bond donors (Lipinski definition) is 4. The van der Waals surface area contributed by atoms with Gasteiger partial charge in [0.1, 0.15) is 0 Å². The van der Waals surface area contributed by atoms with Gasteiger partial charge in [-0.15, -0.1) is 0 Å². The molecule has 1 aliphatic heterocycles. The molecule has 0 spiro atoms. The van der Waals surface area contributed by atoms with Crippen LogP contribution in [0.5, 0.6) is 0 Å². The zero-order chi connectivity index (χ0) is 12.8. The van der Waals surface area contributed by atoms with Gasteiger partial charge in [-0.25, -0.2) is 0 Å². The molecule has 0 aliphatic carbocycles. The third-order valence-corrected chi connectivity index (χ3v) is 8.44. The summed E-state index contributed by atoms with van der Waals surface area (Å²) in [6, 6.07) is 0. The van der Waals surface area contributed by atoms with Gasteiger partial charge in [0.15, 0.2) is 0 Å². The fourth-order valence-corrected chi connectivity index (χ4v) is 7.92. The molecule has 0 radical (unpaired) electrons. The summed E-state index contributed by atoms with van der Waals surface area (Å²) >= 11 is 0. The number of phosphoric acid groups is 2. The molecule has 0 aromatic carbocycles. The van der Waals surface area contributed by atoms with Crippen molar-refractivity contribution in [3.05, 3.63) is 0 Å². The van der Waals surface area contributed by atoms with E-state index in [0.717, 1.165) is 0 Å². The van der Waals surface area contributed by atoms with E-state index in [9.17, 15) is 13.7 Å². The minimum absolute atomic E-state index is 0.670. The molecule has 1 heterocycles. The third-order valence-electron chi connectivity index (χ3n) is 0.937. The van der Waals surface area contributed by atoms with Crippen LogP contribution in [0.3, 0.4) is 0 Å². The van der Waals surface area contributed by atoms with Crippen LogP contribution in [0.25, 0.3) is 0 Å². The van der Waals surface area contributed by atoms with Gasteiger partial charge in [-0.1, -0.05) is 0 Å². The van der Waals surface area contributed by atoms with Crippen molar-refractivity contribution < 1.29 is 50.5 Å². The molecular formula is CH8O11P4. The predicted molar refractivity (Wildman–Crippen MR) is 50.3 cm³/mol. The Morgan fingerprint density at radius 3 is 1.94 bits per heavy atom. The molecule has 11 nitrogen and oxygen atoms in total. The fourth-order valence-electron chi connectivity index (χ4n) is 0.724. The van der Waals surface area contributed by atoms with Crippen LogP contribution in [0, 0.1) is 0 Å². The summed E-state index contributed by atoms with van der Waals surface area (Å²) in [6.07, 6.45) is 0. The molecule has 3 atom stereocenters. The van der Waals surface area contributed by atoms with Crippen molar-refractivity contribution in [3.63, 3.8) is 0 Å². The van der Waals surface area contributed by atoms with Crippen LogP contribution in [0.4, 0.5) is 0 Å².